The molecule has 4 N–H and O–H groups in total. The molecule has 7 nitrogen and oxygen atoms in total. The van der Waals surface area contributed by atoms with Crippen LogP contribution in [-0.2, 0) is 9.45 Å². The van der Waals surface area contributed by atoms with Crippen LogP contribution in [-0.4, -0.2) is 35.5 Å². The minimum atomic E-state index is -1.11. The molecule has 3 aromatic rings. The van der Waals surface area contributed by atoms with Crippen LogP contribution in [0, 0.1) is 0 Å². The second-order valence-electron chi connectivity index (χ2n) is 6.60. The third-order valence-corrected chi connectivity index (χ3v) is 4.75. The van der Waals surface area contributed by atoms with Crippen LogP contribution in [0.1, 0.15) is 18.4 Å². The van der Waals surface area contributed by atoms with Gasteiger partial charge in [-0.1, -0.05) is 24.3 Å². The van der Waals surface area contributed by atoms with E-state index in [0.717, 1.165) is 10.8 Å². The summed E-state index contributed by atoms with van der Waals surface area (Å²) in [4.78, 5) is 21.5. The second kappa shape index (κ2) is 7.42. The molecule has 0 saturated heterocycles. The van der Waals surface area contributed by atoms with Gasteiger partial charge in [-0.2, -0.15) is 0 Å². The molecule has 1 aliphatic heterocycles. The number of carbonyl (C=O) groups excluding carboxylic acids is 1. The first-order valence-corrected chi connectivity index (χ1v) is 8.94. The van der Waals surface area contributed by atoms with Gasteiger partial charge < -0.3 is 20.7 Å². The lowest BCUT2D eigenvalue weighted by molar-refractivity contribution is -0.117. The van der Waals surface area contributed by atoms with Crippen LogP contribution in [0.2, 0.25) is 0 Å². The Morgan fingerprint density at radius 2 is 2.14 bits per heavy atom. The minimum Gasteiger partial charge on any atom is -0.522 e. The van der Waals surface area contributed by atoms with Gasteiger partial charge in [0.2, 0.25) is 5.91 Å². The Morgan fingerprint density at radius 1 is 1.29 bits per heavy atom. The van der Waals surface area contributed by atoms with Crippen LogP contribution in [0.25, 0.3) is 10.8 Å². The number of anilines is 1. The summed E-state index contributed by atoms with van der Waals surface area (Å²) in [6.07, 6.45) is 3.48. The summed E-state index contributed by atoms with van der Waals surface area (Å²) in [6, 6.07) is 12.8. The summed E-state index contributed by atoms with van der Waals surface area (Å²) < 4.78 is 5.25. The van der Waals surface area contributed by atoms with Crippen molar-refractivity contribution in [1.29, 1.82) is 0 Å². The van der Waals surface area contributed by atoms with Gasteiger partial charge in [0.15, 0.2) is 5.90 Å². The number of carbonyl (C=O) groups is 1. The van der Waals surface area contributed by atoms with Gasteiger partial charge >= 0.3 is 7.12 Å². The molecule has 2 heterocycles. The quantitative estimate of drug-likeness (QED) is 0.602. The summed E-state index contributed by atoms with van der Waals surface area (Å²) in [7, 11) is -1.11. The van der Waals surface area contributed by atoms with Gasteiger partial charge in [0, 0.05) is 42.4 Å². The number of para-hydroxylation sites is 1. The van der Waals surface area contributed by atoms with E-state index in [-0.39, 0.29) is 12.5 Å². The van der Waals surface area contributed by atoms with E-state index < -0.39 is 13.0 Å². The second-order valence-corrected chi connectivity index (χ2v) is 6.60. The van der Waals surface area contributed by atoms with Gasteiger partial charge in [-0.25, -0.2) is 4.99 Å². The highest BCUT2D eigenvalue weighted by atomic mass is 16.5. The lowest BCUT2D eigenvalue weighted by atomic mass is 9.75. The molecule has 0 fully saturated rings. The third kappa shape index (κ3) is 3.35. The average molecular weight is 374 g/mol. The van der Waals surface area contributed by atoms with E-state index in [4.69, 9.17) is 10.4 Å². The van der Waals surface area contributed by atoms with E-state index >= 15 is 0 Å². The Bertz CT molecular complexity index is 1090. The van der Waals surface area contributed by atoms with Crippen LogP contribution >= 0.6 is 0 Å². The zero-order valence-electron chi connectivity index (χ0n) is 15.3. The summed E-state index contributed by atoms with van der Waals surface area (Å²) >= 11 is 0. The van der Waals surface area contributed by atoms with Gasteiger partial charge in [0.05, 0.1) is 11.6 Å². The van der Waals surface area contributed by atoms with E-state index in [1.807, 2.05) is 24.3 Å². The van der Waals surface area contributed by atoms with Gasteiger partial charge in [-0.3, -0.25) is 9.78 Å². The zero-order valence-corrected chi connectivity index (χ0v) is 15.3. The van der Waals surface area contributed by atoms with Crippen molar-refractivity contribution in [2.24, 2.45) is 10.7 Å². The molecule has 1 atom stereocenters. The van der Waals surface area contributed by atoms with E-state index in [9.17, 15) is 9.82 Å². The maximum absolute atomic E-state index is 13.0. The minimum absolute atomic E-state index is 0.102. The Hall–Kier alpha value is -3.23. The molecular weight excluding hydrogens is 355 g/mol. The monoisotopic (exact) mass is 374 g/mol. The lowest BCUT2D eigenvalue weighted by Gasteiger charge is -2.23. The van der Waals surface area contributed by atoms with Crippen molar-refractivity contribution in [1.82, 2.24) is 4.98 Å². The zero-order chi connectivity index (χ0) is 19.7. The van der Waals surface area contributed by atoms with Gasteiger partial charge in [-0.15, -0.1) is 0 Å². The van der Waals surface area contributed by atoms with Gasteiger partial charge in [0.1, 0.15) is 0 Å². The van der Waals surface area contributed by atoms with Crippen LogP contribution in [0.3, 0.4) is 0 Å². The first kappa shape index (κ1) is 18.2. The Morgan fingerprint density at radius 3 is 2.96 bits per heavy atom. The summed E-state index contributed by atoms with van der Waals surface area (Å²) in [6.45, 7) is 1.76. The predicted molar refractivity (Wildman–Crippen MR) is 110 cm³/mol. The van der Waals surface area contributed by atoms with Crippen LogP contribution < -0.4 is 16.5 Å². The molecule has 0 radical (unpaired) electrons. The van der Waals surface area contributed by atoms with Crippen molar-refractivity contribution in [3.63, 3.8) is 0 Å². The molecule has 0 saturated carbocycles. The van der Waals surface area contributed by atoms with Crippen molar-refractivity contribution in [3.8, 4) is 0 Å². The highest BCUT2D eigenvalue weighted by molar-refractivity contribution is 6.64. The predicted octanol–water partition coefficient (Wildman–Crippen LogP) is 1.68. The number of hydrogen-bond donors (Lipinski definition) is 3. The van der Waals surface area contributed by atoms with E-state index in [1.165, 1.54) is 0 Å². The van der Waals surface area contributed by atoms with Crippen molar-refractivity contribution >= 4 is 46.5 Å². The Balaban J connectivity index is 1.66. The van der Waals surface area contributed by atoms with Gasteiger partial charge in [-0.05, 0) is 29.1 Å². The highest BCUT2D eigenvalue weighted by Crippen LogP contribution is 2.29. The van der Waals surface area contributed by atoms with E-state index in [1.54, 1.807) is 37.5 Å². The first-order chi connectivity index (χ1) is 13.6. The van der Waals surface area contributed by atoms with Crippen LogP contribution in [0.5, 0.6) is 0 Å². The largest absolute Gasteiger partial charge is 0.563 e. The number of aliphatic imine (C=N–C) groups is 1. The Labute approximate surface area is 162 Å². The highest BCUT2D eigenvalue weighted by Gasteiger charge is 2.32. The molecule has 4 rings (SSSR count). The third-order valence-electron chi connectivity index (χ3n) is 4.75. The molecule has 1 amide bonds. The topological polar surface area (TPSA) is 110 Å². The molecule has 1 unspecified atom stereocenters. The van der Waals surface area contributed by atoms with E-state index in [2.05, 4.69) is 15.3 Å². The molecule has 1 aromatic heterocycles. The fourth-order valence-electron chi connectivity index (χ4n) is 3.36. The number of benzene rings is 2. The number of rotatable bonds is 4. The maximum Gasteiger partial charge on any atom is 0.563 e. The number of fused-ring (bicyclic) bond motifs is 2. The normalized spacial score (nSPS) is 14.1. The number of amides is 1. The number of nitrogens with zero attached hydrogens (tertiary/aromatic N) is 2. The molecule has 8 heteroatoms. The van der Waals surface area contributed by atoms with Crippen molar-refractivity contribution in [2.75, 3.05) is 11.9 Å². The van der Waals surface area contributed by atoms with Crippen LogP contribution in [0.4, 0.5) is 11.4 Å². The van der Waals surface area contributed by atoms with Gasteiger partial charge in [0.25, 0.3) is 0 Å². The molecule has 0 spiro atoms. The first-order valence-electron chi connectivity index (χ1n) is 8.94. The number of nitrogens with two attached hydrogens (primary N) is 1. The van der Waals surface area contributed by atoms with Crippen molar-refractivity contribution in [2.45, 2.75) is 12.8 Å². The maximum atomic E-state index is 13.0. The van der Waals surface area contributed by atoms with Crippen molar-refractivity contribution in [3.05, 3.63) is 60.4 Å². The smallest absolute Gasteiger partial charge is 0.522 e. The SMILES string of the molecule is CC1=Nc2c(cccc2C(CN)C(=O)Nc2ccc3cnccc3c2)B(O)O1. The number of aromatic nitrogens is 1. The lowest BCUT2D eigenvalue weighted by Crippen LogP contribution is -2.39. The van der Waals surface area contributed by atoms with E-state index in [0.29, 0.717) is 28.3 Å². The fourth-order valence-corrected chi connectivity index (χ4v) is 3.36. The number of nitrogens with one attached hydrogen (secondary N) is 1. The molecule has 1 aliphatic rings. The molecule has 0 aliphatic carbocycles. The summed E-state index contributed by atoms with van der Waals surface area (Å²) in [5, 5.41) is 15.0. The molecule has 140 valence electrons. The molecule has 0 bridgehead atoms. The fraction of sp³-hybridized carbons (Fsp3) is 0.150. The molecule has 28 heavy (non-hydrogen) atoms. The van der Waals surface area contributed by atoms with Crippen molar-refractivity contribution < 1.29 is 14.5 Å². The number of hydrogen-bond acceptors (Lipinski definition) is 6. The summed E-state index contributed by atoms with van der Waals surface area (Å²) in [5.41, 5.74) is 8.33. The molecule has 2 aromatic carbocycles. The average Bonchev–Trinajstić information content (AvgIpc) is 2.69. The molecular formula is C20H19BN4O3. The summed E-state index contributed by atoms with van der Waals surface area (Å²) in [5.74, 6) is -0.519. The standard InChI is InChI=1S/C20H19BN4O3/c1-12-24-19-16(3-2-4-18(19)21(27)28-12)17(10-22)20(26)25-15-6-5-14-11-23-8-7-13(14)9-15/h2-9,11,17,27H,10,22H2,1H3,(H,25,26). The van der Waals surface area contributed by atoms with Crippen LogP contribution in [0.15, 0.2) is 59.9 Å². The number of pyridine rings is 1. The Kier molecular flexibility index (Phi) is 4.81.